The highest BCUT2D eigenvalue weighted by Crippen LogP contribution is 2.41. The molecule has 1 unspecified atom stereocenters. The van der Waals surface area contributed by atoms with Crippen molar-refractivity contribution >= 4 is 23.5 Å². The van der Waals surface area contributed by atoms with Crippen molar-refractivity contribution in [3.8, 4) is 6.07 Å². The minimum Gasteiger partial charge on any atom is -0.478 e. The van der Waals surface area contributed by atoms with E-state index in [2.05, 4.69) is 4.98 Å². The van der Waals surface area contributed by atoms with Crippen molar-refractivity contribution in [1.82, 2.24) is 9.88 Å². The maximum atomic E-state index is 14.0. The van der Waals surface area contributed by atoms with Crippen molar-refractivity contribution in [2.75, 3.05) is 4.90 Å². The number of anilines is 1. The monoisotopic (exact) mass is 534 g/mol. The Hall–Kier alpha value is -4.98. The Kier molecular flexibility index (Phi) is 7.23. The molecule has 2 amide bonds. The van der Waals surface area contributed by atoms with Crippen LogP contribution in [0, 0.1) is 11.3 Å². The molecular formula is C28H21F3N4O4. The predicted molar refractivity (Wildman–Crippen MR) is 133 cm³/mol. The van der Waals surface area contributed by atoms with E-state index in [1.807, 2.05) is 6.07 Å². The van der Waals surface area contributed by atoms with Gasteiger partial charge in [0, 0.05) is 24.0 Å². The number of nitrogens with zero attached hydrogens (tertiary/aromatic N) is 4. The van der Waals surface area contributed by atoms with Gasteiger partial charge in [0.1, 0.15) is 11.8 Å². The van der Waals surface area contributed by atoms with E-state index in [1.165, 1.54) is 61.3 Å². The smallest absolute Gasteiger partial charge is 0.416 e. The number of carboxylic acid groups (broad SMARTS) is 1. The third-order valence-electron chi connectivity index (χ3n) is 6.30. The lowest BCUT2D eigenvalue weighted by molar-refractivity contribution is -0.137. The van der Waals surface area contributed by atoms with Gasteiger partial charge in [-0.1, -0.05) is 24.3 Å². The van der Waals surface area contributed by atoms with Crippen LogP contribution in [0.25, 0.3) is 0 Å². The summed E-state index contributed by atoms with van der Waals surface area (Å²) >= 11 is 0. The minimum absolute atomic E-state index is 0.0261. The summed E-state index contributed by atoms with van der Waals surface area (Å²) in [6.45, 7) is 2.58. The number of hydrogen-bond donors (Lipinski definition) is 1. The number of hydrogen-bond acceptors (Lipinski definition) is 5. The highest BCUT2D eigenvalue weighted by molar-refractivity contribution is 6.04. The second kappa shape index (κ2) is 10.4. The summed E-state index contributed by atoms with van der Waals surface area (Å²) in [6.07, 6.45) is -3.31. The van der Waals surface area contributed by atoms with E-state index in [4.69, 9.17) is 5.26 Å². The van der Waals surface area contributed by atoms with Crippen LogP contribution in [0.4, 0.5) is 23.7 Å². The number of amides is 2. The molecule has 0 saturated carbocycles. The highest BCUT2D eigenvalue weighted by atomic mass is 19.4. The van der Waals surface area contributed by atoms with Gasteiger partial charge >= 0.3 is 18.2 Å². The predicted octanol–water partition coefficient (Wildman–Crippen LogP) is 5.72. The van der Waals surface area contributed by atoms with Crippen molar-refractivity contribution in [3.63, 3.8) is 0 Å². The zero-order chi connectivity index (χ0) is 28.5. The summed E-state index contributed by atoms with van der Waals surface area (Å²) in [5.41, 5.74) is 0.103. The largest absolute Gasteiger partial charge is 0.478 e. The topological polar surface area (TPSA) is 115 Å². The number of allylic oxidation sites excluding steroid dienone is 1. The number of ketones is 1. The van der Waals surface area contributed by atoms with Crippen LogP contribution in [0.3, 0.4) is 0 Å². The van der Waals surface area contributed by atoms with E-state index >= 15 is 0 Å². The Morgan fingerprint density at radius 1 is 1.10 bits per heavy atom. The molecule has 2 heterocycles. The minimum atomic E-state index is -4.66. The third-order valence-corrected chi connectivity index (χ3v) is 6.30. The van der Waals surface area contributed by atoms with Crippen LogP contribution in [0.5, 0.6) is 0 Å². The molecule has 1 aromatic heterocycles. The number of Topliss-reactive ketones (excluding diaryl/α,β-unsaturated/α-hetero) is 1. The van der Waals surface area contributed by atoms with Gasteiger partial charge in [-0.3, -0.25) is 9.69 Å². The normalized spacial score (nSPS) is 15.8. The Balaban J connectivity index is 1.93. The molecule has 1 N–H and O–H groups in total. The Labute approximate surface area is 221 Å². The number of carbonyl (C=O) groups is 3. The van der Waals surface area contributed by atoms with Crippen LogP contribution in [0.15, 0.2) is 78.1 Å². The lowest BCUT2D eigenvalue weighted by atomic mass is 9.90. The average Bonchev–Trinajstić information content (AvgIpc) is 2.90. The summed E-state index contributed by atoms with van der Waals surface area (Å²) in [5.74, 6) is -1.61. The summed E-state index contributed by atoms with van der Waals surface area (Å²) in [7, 11) is 0. The number of carboxylic acids is 1. The van der Waals surface area contributed by atoms with E-state index in [0.29, 0.717) is 11.1 Å². The molecule has 3 aromatic rings. The van der Waals surface area contributed by atoms with Crippen molar-refractivity contribution < 1.29 is 32.7 Å². The fourth-order valence-corrected chi connectivity index (χ4v) is 4.57. The molecule has 1 aliphatic heterocycles. The van der Waals surface area contributed by atoms with Crippen molar-refractivity contribution in [2.24, 2.45) is 0 Å². The number of urea groups is 1. The van der Waals surface area contributed by atoms with Gasteiger partial charge in [0.2, 0.25) is 0 Å². The number of nitriles is 1. The first-order valence-electron chi connectivity index (χ1n) is 11.6. The molecular weight excluding hydrogens is 513 g/mol. The van der Waals surface area contributed by atoms with Gasteiger partial charge in [0.05, 0.1) is 22.9 Å². The molecule has 0 bridgehead atoms. The molecule has 0 aliphatic carbocycles. The van der Waals surface area contributed by atoms with E-state index in [1.54, 1.807) is 12.1 Å². The third kappa shape index (κ3) is 5.36. The van der Waals surface area contributed by atoms with E-state index in [0.717, 1.165) is 17.0 Å². The van der Waals surface area contributed by atoms with Gasteiger partial charge in [-0.05, 0) is 61.4 Å². The fraction of sp³-hybridized carbons (Fsp3) is 0.179. The second-order valence-corrected chi connectivity index (χ2v) is 8.85. The molecule has 1 atom stereocenters. The number of carbonyl (C=O) groups excluding carboxylic acids is 2. The molecule has 1 aliphatic rings. The second-order valence-electron chi connectivity index (χ2n) is 8.85. The SMILES string of the molecule is CC(=O)C1=C(C)N(c2cccc(C(F)(F)F)c2)C(=O)N(Cc2cccc(C(=O)O)c2)C1c1ccc(C#N)nc1. The van der Waals surface area contributed by atoms with Crippen LogP contribution in [-0.2, 0) is 17.5 Å². The fourth-order valence-electron chi connectivity index (χ4n) is 4.57. The highest BCUT2D eigenvalue weighted by Gasteiger charge is 2.42. The maximum Gasteiger partial charge on any atom is 0.416 e. The first-order valence-corrected chi connectivity index (χ1v) is 11.6. The van der Waals surface area contributed by atoms with Gasteiger partial charge in [-0.2, -0.15) is 18.4 Å². The molecule has 0 radical (unpaired) electrons. The Morgan fingerprint density at radius 3 is 2.41 bits per heavy atom. The molecule has 39 heavy (non-hydrogen) atoms. The first-order chi connectivity index (χ1) is 18.4. The summed E-state index contributed by atoms with van der Waals surface area (Å²) in [4.78, 5) is 44.9. The number of benzene rings is 2. The molecule has 198 valence electrons. The van der Waals surface area contributed by atoms with E-state index in [9.17, 15) is 32.7 Å². The number of aromatic carboxylic acids is 1. The summed E-state index contributed by atoms with van der Waals surface area (Å²) < 4.78 is 40.5. The Bertz CT molecular complexity index is 1540. The van der Waals surface area contributed by atoms with Crippen LogP contribution >= 0.6 is 0 Å². The molecule has 8 nitrogen and oxygen atoms in total. The number of aromatic nitrogens is 1. The van der Waals surface area contributed by atoms with E-state index < -0.39 is 35.6 Å². The van der Waals surface area contributed by atoms with Gasteiger partial charge < -0.3 is 10.0 Å². The van der Waals surface area contributed by atoms with Gasteiger partial charge in [-0.25, -0.2) is 14.6 Å². The number of pyridine rings is 1. The van der Waals surface area contributed by atoms with Crippen LogP contribution in [0.2, 0.25) is 0 Å². The number of alkyl halides is 3. The molecule has 2 aromatic carbocycles. The molecule has 0 spiro atoms. The van der Waals surface area contributed by atoms with Gasteiger partial charge in [0.25, 0.3) is 0 Å². The lowest BCUT2D eigenvalue weighted by Crippen LogP contribution is -2.50. The molecule has 11 heteroatoms. The van der Waals surface area contributed by atoms with Gasteiger partial charge in [0.15, 0.2) is 5.78 Å². The Morgan fingerprint density at radius 2 is 1.82 bits per heavy atom. The molecule has 4 rings (SSSR count). The molecule has 0 saturated heterocycles. The lowest BCUT2D eigenvalue weighted by Gasteiger charge is -2.43. The summed E-state index contributed by atoms with van der Waals surface area (Å²) in [5, 5.41) is 18.6. The van der Waals surface area contributed by atoms with Crippen LogP contribution in [0.1, 0.15) is 52.6 Å². The summed E-state index contributed by atoms with van der Waals surface area (Å²) in [6, 6.07) is 13.2. The number of halogens is 3. The van der Waals surface area contributed by atoms with Crippen LogP contribution in [-0.4, -0.2) is 32.8 Å². The maximum absolute atomic E-state index is 14.0. The van der Waals surface area contributed by atoms with Crippen molar-refractivity contribution in [2.45, 2.75) is 32.6 Å². The van der Waals surface area contributed by atoms with Crippen molar-refractivity contribution in [1.29, 1.82) is 5.26 Å². The standard InChI is InChI=1S/C28H21F3N4O4/c1-16-24(17(2)36)25(20-9-10-22(13-32)33-14-20)34(15-18-5-3-6-19(11-18)26(37)38)27(39)35(16)23-8-4-7-21(12-23)28(29,30)31/h3-12,14,25H,15H2,1-2H3,(H,37,38). The average molecular weight is 534 g/mol. The zero-order valence-electron chi connectivity index (χ0n) is 20.7. The quantitative estimate of drug-likeness (QED) is 0.433. The van der Waals surface area contributed by atoms with Crippen molar-refractivity contribution in [3.05, 3.63) is 106 Å². The number of rotatable bonds is 6. The first kappa shape index (κ1) is 27.1. The van der Waals surface area contributed by atoms with Crippen LogP contribution < -0.4 is 4.90 Å². The molecule has 0 fully saturated rings. The zero-order valence-corrected chi connectivity index (χ0v) is 20.7. The van der Waals surface area contributed by atoms with E-state index in [-0.39, 0.29) is 34.8 Å². The van der Waals surface area contributed by atoms with Gasteiger partial charge in [-0.15, -0.1) is 0 Å².